The van der Waals surface area contributed by atoms with E-state index in [1.54, 1.807) is 41.1 Å². The van der Waals surface area contributed by atoms with Gasteiger partial charge >= 0.3 is 5.97 Å². The highest BCUT2D eigenvalue weighted by Gasteiger charge is 2.12. The summed E-state index contributed by atoms with van der Waals surface area (Å²) in [6, 6.07) is 11.3. The second kappa shape index (κ2) is 4.94. The Balaban J connectivity index is 2.22. The maximum absolute atomic E-state index is 13.5. The van der Waals surface area contributed by atoms with Crippen LogP contribution in [0.2, 0.25) is 0 Å². The highest BCUT2D eigenvalue weighted by atomic mass is 19.1. The molecule has 1 N–H and O–H groups in total. The van der Waals surface area contributed by atoms with E-state index >= 15 is 0 Å². The summed E-state index contributed by atoms with van der Waals surface area (Å²) in [5, 5.41) is 9.84. The van der Waals surface area contributed by atoms with Crippen molar-refractivity contribution in [2.75, 3.05) is 7.11 Å². The Hall–Kier alpha value is -2.82. The third kappa shape index (κ3) is 2.12. The van der Waals surface area contributed by atoms with E-state index in [0.717, 1.165) is 5.52 Å². The van der Waals surface area contributed by atoms with E-state index < -0.39 is 11.8 Å². The number of carbonyl (C=O) groups is 1. The highest BCUT2D eigenvalue weighted by Crippen LogP contribution is 2.26. The normalized spacial score (nSPS) is 10.8. The minimum atomic E-state index is -0.977. The van der Waals surface area contributed by atoms with Crippen molar-refractivity contribution in [3.8, 4) is 11.4 Å². The number of hydrogen-bond donors (Lipinski definition) is 1. The summed E-state index contributed by atoms with van der Waals surface area (Å²) >= 11 is 0. The van der Waals surface area contributed by atoms with Crippen LogP contribution in [0.1, 0.15) is 10.4 Å². The number of methoxy groups -OCH3 is 1. The number of carboxylic acid groups (broad SMARTS) is 1. The third-order valence-electron chi connectivity index (χ3n) is 3.38. The fourth-order valence-corrected chi connectivity index (χ4v) is 2.38. The summed E-state index contributed by atoms with van der Waals surface area (Å²) in [6.45, 7) is 0. The molecule has 0 spiro atoms. The smallest absolute Gasteiger partial charge is 0.336 e. The van der Waals surface area contributed by atoms with Gasteiger partial charge in [-0.3, -0.25) is 0 Å². The number of rotatable bonds is 3. The second-order valence-corrected chi connectivity index (χ2v) is 4.55. The lowest BCUT2D eigenvalue weighted by Gasteiger charge is -2.09. The number of nitrogens with zero attached hydrogens (tertiary/aromatic N) is 1. The predicted molar refractivity (Wildman–Crippen MR) is 76.7 cm³/mol. The molecule has 3 rings (SSSR count). The van der Waals surface area contributed by atoms with Crippen molar-refractivity contribution >= 4 is 16.9 Å². The quantitative estimate of drug-likeness (QED) is 0.801. The van der Waals surface area contributed by atoms with Gasteiger partial charge in [-0.1, -0.05) is 6.07 Å². The molecule has 0 bridgehead atoms. The molecule has 5 heteroatoms. The first-order valence-electron chi connectivity index (χ1n) is 6.29. The van der Waals surface area contributed by atoms with Crippen LogP contribution in [0.5, 0.6) is 5.75 Å². The largest absolute Gasteiger partial charge is 0.494 e. The van der Waals surface area contributed by atoms with E-state index in [-0.39, 0.29) is 11.3 Å². The number of aromatic carboxylic acids is 1. The molecule has 0 unspecified atom stereocenters. The van der Waals surface area contributed by atoms with Crippen LogP contribution in [0.4, 0.5) is 4.39 Å². The topological polar surface area (TPSA) is 51.5 Å². The predicted octanol–water partition coefficient (Wildman–Crippen LogP) is 3.48. The Bertz CT molecular complexity index is 839. The Morgan fingerprint density at radius 1 is 1.24 bits per heavy atom. The monoisotopic (exact) mass is 285 g/mol. The molecule has 4 nitrogen and oxygen atoms in total. The number of ether oxygens (including phenoxy) is 1. The lowest BCUT2D eigenvalue weighted by molar-refractivity contribution is 0.0699. The number of aromatic nitrogens is 1. The van der Waals surface area contributed by atoms with E-state index in [1.165, 1.54) is 13.2 Å². The molecule has 0 aliphatic heterocycles. The molecule has 0 aliphatic carbocycles. The molecule has 0 amide bonds. The Morgan fingerprint density at radius 3 is 2.76 bits per heavy atom. The van der Waals surface area contributed by atoms with Gasteiger partial charge in [-0.2, -0.15) is 0 Å². The van der Waals surface area contributed by atoms with Crippen LogP contribution in [0.3, 0.4) is 0 Å². The van der Waals surface area contributed by atoms with Crippen molar-refractivity contribution in [3.05, 3.63) is 60.0 Å². The molecular formula is C16H12FNO3. The molecule has 2 aromatic carbocycles. The lowest BCUT2D eigenvalue weighted by atomic mass is 10.1. The molecule has 0 saturated carbocycles. The number of carboxylic acids is 1. The maximum atomic E-state index is 13.5. The first-order chi connectivity index (χ1) is 10.1. The van der Waals surface area contributed by atoms with Gasteiger partial charge in [0.05, 0.1) is 18.2 Å². The SMILES string of the molecule is COc1cc(-n2ccc3c(C(=O)O)cccc32)ccc1F. The molecule has 3 aromatic rings. The molecule has 0 radical (unpaired) electrons. The van der Waals surface area contributed by atoms with Gasteiger partial charge < -0.3 is 14.4 Å². The molecule has 106 valence electrons. The molecule has 1 aromatic heterocycles. The molecule has 0 atom stereocenters. The van der Waals surface area contributed by atoms with Gasteiger partial charge in [0, 0.05) is 23.3 Å². The van der Waals surface area contributed by atoms with Crippen LogP contribution in [0.15, 0.2) is 48.7 Å². The second-order valence-electron chi connectivity index (χ2n) is 4.55. The van der Waals surface area contributed by atoms with E-state index in [0.29, 0.717) is 11.1 Å². The number of halogens is 1. The molecular weight excluding hydrogens is 273 g/mol. The van der Waals surface area contributed by atoms with Gasteiger partial charge in [-0.25, -0.2) is 9.18 Å². The van der Waals surface area contributed by atoms with Crippen molar-refractivity contribution in [2.24, 2.45) is 0 Å². The molecule has 21 heavy (non-hydrogen) atoms. The van der Waals surface area contributed by atoms with E-state index in [1.807, 2.05) is 6.07 Å². The summed E-state index contributed by atoms with van der Waals surface area (Å²) in [7, 11) is 1.40. The molecule has 0 aliphatic rings. The molecule has 0 saturated heterocycles. The van der Waals surface area contributed by atoms with Crippen LogP contribution in [-0.2, 0) is 0 Å². The average Bonchev–Trinajstić information content (AvgIpc) is 2.91. The van der Waals surface area contributed by atoms with E-state index in [4.69, 9.17) is 4.74 Å². The van der Waals surface area contributed by atoms with Crippen LogP contribution in [0, 0.1) is 5.82 Å². The van der Waals surface area contributed by atoms with Crippen LogP contribution in [0.25, 0.3) is 16.6 Å². The number of hydrogen-bond acceptors (Lipinski definition) is 2. The van der Waals surface area contributed by atoms with Crippen LogP contribution in [-0.4, -0.2) is 22.8 Å². The van der Waals surface area contributed by atoms with Gasteiger partial charge in [0.2, 0.25) is 0 Å². The minimum absolute atomic E-state index is 0.142. The van der Waals surface area contributed by atoms with Gasteiger partial charge in [0.25, 0.3) is 0 Å². The average molecular weight is 285 g/mol. The summed E-state index contributed by atoms with van der Waals surface area (Å²) < 4.78 is 20.3. The lowest BCUT2D eigenvalue weighted by Crippen LogP contribution is -1.98. The Morgan fingerprint density at radius 2 is 2.05 bits per heavy atom. The summed E-state index contributed by atoms with van der Waals surface area (Å²) in [5.41, 5.74) is 1.68. The summed E-state index contributed by atoms with van der Waals surface area (Å²) in [6.07, 6.45) is 1.75. The van der Waals surface area contributed by atoms with Gasteiger partial charge in [0.15, 0.2) is 11.6 Å². The van der Waals surface area contributed by atoms with Crippen molar-refractivity contribution in [2.45, 2.75) is 0 Å². The molecule has 0 fully saturated rings. The first-order valence-corrected chi connectivity index (χ1v) is 6.29. The third-order valence-corrected chi connectivity index (χ3v) is 3.38. The van der Waals surface area contributed by atoms with Gasteiger partial charge in [0.1, 0.15) is 0 Å². The zero-order chi connectivity index (χ0) is 15.0. The van der Waals surface area contributed by atoms with Crippen molar-refractivity contribution < 1.29 is 19.0 Å². The summed E-state index contributed by atoms with van der Waals surface area (Å²) in [4.78, 5) is 11.2. The van der Waals surface area contributed by atoms with Gasteiger partial charge in [-0.05, 0) is 30.3 Å². The fraction of sp³-hybridized carbons (Fsp3) is 0.0625. The van der Waals surface area contributed by atoms with Crippen LogP contribution < -0.4 is 4.74 Å². The summed E-state index contributed by atoms with van der Waals surface area (Å²) in [5.74, 6) is -1.28. The van der Waals surface area contributed by atoms with E-state index in [9.17, 15) is 14.3 Å². The maximum Gasteiger partial charge on any atom is 0.336 e. The first kappa shape index (κ1) is 13.2. The molecule has 1 heterocycles. The van der Waals surface area contributed by atoms with Gasteiger partial charge in [-0.15, -0.1) is 0 Å². The van der Waals surface area contributed by atoms with E-state index in [2.05, 4.69) is 0 Å². The zero-order valence-electron chi connectivity index (χ0n) is 11.2. The van der Waals surface area contributed by atoms with Crippen molar-refractivity contribution in [3.63, 3.8) is 0 Å². The number of fused-ring (bicyclic) bond motifs is 1. The zero-order valence-corrected chi connectivity index (χ0v) is 11.2. The van der Waals surface area contributed by atoms with Crippen LogP contribution >= 0.6 is 0 Å². The minimum Gasteiger partial charge on any atom is -0.494 e. The number of benzene rings is 2. The standard InChI is InChI=1S/C16H12FNO3/c1-21-15-9-10(5-6-13(15)17)18-8-7-11-12(16(19)20)3-2-4-14(11)18/h2-9H,1H3,(H,19,20). The van der Waals surface area contributed by atoms with Crippen molar-refractivity contribution in [1.29, 1.82) is 0 Å². The Kier molecular flexibility index (Phi) is 3.10. The van der Waals surface area contributed by atoms with Crippen molar-refractivity contribution in [1.82, 2.24) is 4.57 Å². The highest BCUT2D eigenvalue weighted by molar-refractivity contribution is 6.03. The Labute approximate surface area is 120 Å². The fourth-order valence-electron chi connectivity index (χ4n) is 2.38.